The Kier molecular flexibility index (Phi) is 4.03. The maximum atomic E-state index is 8.89. The molecule has 1 aromatic carbocycles. The molecular formula is C15H14ClN3. The summed E-state index contributed by atoms with van der Waals surface area (Å²) < 4.78 is 0. The van der Waals surface area contributed by atoms with Crippen molar-refractivity contribution in [3.63, 3.8) is 0 Å². The highest BCUT2D eigenvalue weighted by Gasteiger charge is 2.03. The first-order valence-electron chi connectivity index (χ1n) is 6.03. The Labute approximate surface area is 117 Å². The Balaban J connectivity index is 2.21. The molecular weight excluding hydrogens is 258 g/mol. The van der Waals surface area contributed by atoms with Crippen molar-refractivity contribution in [1.82, 2.24) is 4.98 Å². The van der Waals surface area contributed by atoms with Crippen molar-refractivity contribution in [3.8, 4) is 6.07 Å². The summed E-state index contributed by atoms with van der Waals surface area (Å²) in [4.78, 5) is 4.14. The zero-order valence-electron chi connectivity index (χ0n) is 10.8. The van der Waals surface area contributed by atoms with Crippen molar-refractivity contribution in [2.75, 3.05) is 5.32 Å². The maximum absolute atomic E-state index is 8.89. The van der Waals surface area contributed by atoms with E-state index in [2.05, 4.69) is 42.4 Å². The Morgan fingerprint density at radius 2 is 1.89 bits per heavy atom. The lowest BCUT2D eigenvalue weighted by Gasteiger charge is -2.09. The number of pyridine rings is 1. The number of halogens is 1. The minimum atomic E-state index is 0.306. The third kappa shape index (κ3) is 3.46. The molecule has 2 rings (SSSR count). The molecule has 0 fully saturated rings. The van der Waals surface area contributed by atoms with Crippen molar-refractivity contribution in [2.45, 2.75) is 19.8 Å². The molecule has 0 aliphatic rings. The van der Waals surface area contributed by atoms with Gasteiger partial charge in [-0.1, -0.05) is 37.6 Å². The van der Waals surface area contributed by atoms with E-state index in [1.54, 1.807) is 6.07 Å². The van der Waals surface area contributed by atoms with E-state index in [0.717, 1.165) is 5.69 Å². The summed E-state index contributed by atoms with van der Waals surface area (Å²) in [5.41, 5.74) is 2.69. The zero-order chi connectivity index (χ0) is 13.8. The topological polar surface area (TPSA) is 48.7 Å². The van der Waals surface area contributed by atoms with E-state index in [1.807, 2.05) is 12.1 Å². The number of aromatic nitrogens is 1. The van der Waals surface area contributed by atoms with Gasteiger partial charge < -0.3 is 5.32 Å². The summed E-state index contributed by atoms with van der Waals surface area (Å²) in [6, 6.07) is 13.4. The van der Waals surface area contributed by atoms with E-state index < -0.39 is 0 Å². The number of nitrogens with one attached hydrogen (secondary N) is 1. The molecule has 0 spiro atoms. The average Bonchev–Trinajstić information content (AvgIpc) is 2.38. The number of anilines is 2. The molecule has 0 saturated carbocycles. The second kappa shape index (κ2) is 5.73. The van der Waals surface area contributed by atoms with Gasteiger partial charge in [0.15, 0.2) is 0 Å². The van der Waals surface area contributed by atoms with Gasteiger partial charge in [-0.05, 0) is 35.7 Å². The van der Waals surface area contributed by atoms with E-state index in [0.29, 0.717) is 22.5 Å². The van der Waals surface area contributed by atoms with E-state index in [9.17, 15) is 0 Å². The third-order valence-corrected chi connectivity index (χ3v) is 2.97. The molecule has 0 amide bonds. The van der Waals surface area contributed by atoms with Gasteiger partial charge in [-0.3, -0.25) is 0 Å². The second-order valence-corrected chi connectivity index (χ2v) is 4.96. The minimum Gasteiger partial charge on any atom is -0.340 e. The molecule has 96 valence electrons. The van der Waals surface area contributed by atoms with Crippen LogP contribution < -0.4 is 5.32 Å². The van der Waals surface area contributed by atoms with Crippen LogP contribution in [-0.2, 0) is 0 Å². The summed E-state index contributed by atoms with van der Waals surface area (Å²) in [6.07, 6.45) is 0. The number of hydrogen-bond acceptors (Lipinski definition) is 3. The van der Waals surface area contributed by atoms with E-state index in [1.165, 1.54) is 11.6 Å². The summed E-state index contributed by atoms with van der Waals surface area (Å²) >= 11 is 5.86. The lowest BCUT2D eigenvalue weighted by Crippen LogP contribution is -1.95. The van der Waals surface area contributed by atoms with Crippen molar-refractivity contribution >= 4 is 23.1 Å². The number of rotatable bonds is 3. The molecule has 0 saturated heterocycles. The Hall–Kier alpha value is -2.05. The first-order valence-corrected chi connectivity index (χ1v) is 6.41. The predicted octanol–water partition coefficient (Wildman–Crippen LogP) is 4.47. The van der Waals surface area contributed by atoms with Crippen LogP contribution in [0.2, 0.25) is 5.15 Å². The molecule has 1 N–H and O–H groups in total. The molecule has 0 unspecified atom stereocenters. The zero-order valence-corrected chi connectivity index (χ0v) is 11.6. The number of hydrogen-bond donors (Lipinski definition) is 1. The van der Waals surface area contributed by atoms with Crippen LogP contribution in [0.3, 0.4) is 0 Å². The van der Waals surface area contributed by atoms with Gasteiger partial charge in [0.25, 0.3) is 0 Å². The molecule has 0 aliphatic carbocycles. The van der Waals surface area contributed by atoms with Crippen LogP contribution in [0.15, 0.2) is 36.4 Å². The van der Waals surface area contributed by atoms with E-state index in [-0.39, 0.29) is 0 Å². The summed E-state index contributed by atoms with van der Waals surface area (Å²) in [7, 11) is 0. The number of nitriles is 1. The quantitative estimate of drug-likeness (QED) is 0.838. The molecule has 0 aliphatic heterocycles. The molecule has 0 radical (unpaired) electrons. The van der Waals surface area contributed by atoms with Crippen LogP contribution in [0, 0.1) is 11.3 Å². The summed E-state index contributed by atoms with van der Waals surface area (Å²) in [5, 5.41) is 12.3. The van der Waals surface area contributed by atoms with Gasteiger partial charge in [0.05, 0.1) is 11.6 Å². The van der Waals surface area contributed by atoms with Crippen molar-refractivity contribution in [3.05, 3.63) is 52.7 Å². The molecule has 3 nitrogen and oxygen atoms in total. The largest absolute Gasteiger partial charge is 0.340 e. The molecule has 0 bridgehead atoms. The van der Waals surface area contributed by atoms with Gasteiger partial charge in [0.1, 0.15) is 11.0 Å². The predicted molar refractivity (Wildman–Crippen MR) is 77.8 cm³/mol. The van der Waals surface area contributed by atoms with Gasteiger partial charge >= 0.3 is 0 Å². The number of nitrogens with zero attached hydrogens (tertiary/aromatic N) is 2. The average molecular weight is 272 g/mol. The normalized spacial score (nSPS) is 10.3. The van der Waals surface area contributed by atoms with Crippen LogP contribution in [0.25, 0.3) is 0 Å². The fraction of sp³-hybridized carbons (Fsp3) is 0.200. The Morgan fingerprint density at radius 1 is 1.21 bits per heavy atom. The van der Waals surface area contributed by atoms with Gasteiger partial charge in [-0.15, -0.1) is 0 Å². The van der Waals surface area contributed by atoms with Gasteiger partial charge in [-0.2, -0.15) is 5.26 Å². The first kappa shape index (κ1) is 13.4. The lowest BCUT2D eigenvalue weighted by molar-refractivity contribution is 0.867. The molecule has 1 heterocycles. The van der Waals surface area contributed by atoms with Crippen molar-refractivity contribution in [2.24, 2.45) is 0 Å². The Bertz CT molecular complexity index is 612. The fourth-order valence-corrected chi connectivity index (χ4v) is 1.93. The van der Waals surface area contributed by atoms with Gasteiger partial charge in [0.2, 0.25) is 0 Å². The molecule has 0 atom stereocenters. The lowest BCUT2D eigenvalue weighted by atomic mass is 10.0. The fourth-order valence-electron chi connectivity index (χ4n) is 1.72. The molecule has 2 aromatic rings. The van der Waals surface area contributed by atoms with Crippen LogP contribution in [-0.4, -0.2) is 4.98 Å². The molecule has 4 heteroatoms. The second-order valence-electron chi connectivity index (χ2n) is 4.58. The van der Waals surface area contributed by atoms with E-state index in [4.69, 9.17) is 16.9 Å². The summed E-state index contributed by atoms with van der Waals surface area (Å²) in [6.45, 7) is 4.31. The highest BCUT2D eigenvalue weighted by atomic mass is 35.5. The third-order valence-electron chi connectivity index (χ3n) is 2.77. The standard InChI is InChI=1S/C15H14ClN3/c1-10(2)12-3-5-13(6-4-12)18-15-8-11(9-17)7-14(16)19-15/h3-8,10H,1-2H3,(H,18,19). The van der Waals surface area contributed by atoms with Crippen LogP contribution in [0.5, 0.6) is 0 Å². The summed E-state index contributed by atoms with van der Waals surface area (Å²) in [5.74, 6) is 1.07. The van der Waals surface area contributed by atoms with Crippen LogP contribution >= 0.6 is 11.6 Å². The maximum Gasteiger partial charge on any atom is 0.133 e. The molecule has 19 heavy (non-hydrogen) atoms. The SMILES string of the molecule is CC(C)c1ccc(Nc2cc(C#N)cc(Cl)n2)cc1. The van der Waals surface area contributed by atoms with Gasteiger partial charge in [-0.25, -0.2) is 4.98 Å². The van der Waals surface area contributed by atoms with E-state index >= 15 is 0 Å². The minimum absolute atomic E-state index is 0.306. The smallest absolute Gasteiger partial charge is 0.133 e. The molecule has 1 aromatic heterocycles. The highest BCUT2D eigenvalue weighted by molar-refractivity contribution is 6.29. The first-order chi connectivity index (χ1) is 9.08. The Morgan fingerprint density at radius 3 is 2.47 bits per heavy atom. The van der Waals surface area contributed by atoms with Crippen molar-refractivity contribution in [1.29, 1.82) is 5.26 Å². The monoisotopic (exact) mass is 271 g/mol. The number of benzene rings is 1. The van der Waals surface area contributed by atoms with Crippen molar-refractivity contribution < 1.29 is 0 Å². The highest BCUT2D eigenvalue weighted by Crippen LogP contribution is 2.21. The van der Waals surface area contributed by atoms with Gasteiger partial charge in [0, 0.05) is 5.69 Å². The van der Waals surface area contributed by atoms with Crippen LogP contribution in [0.1, 0.15) is 30.9 Å². The van der Waals surface area contributed by atoms with Crippen LogP contribution in [0.4, 0.5) is 11.5 Å².